The molecule has 7 nitrogen and oxygen atoms in total. The van der Waals surface area contributed by atoms with Crippen LogP contribution in [0.15, 0.2) is 6.07 Å². The van der Waals surface area contributed by atoms with E-state index in [1.807, 2.05) is 0 Å². The van der Waals surface area contributed by atoms with Gasteiger partial charge in [-0.05, 0) is 56.8 Å². The first-order valence-corrected chi connectivity index (χ1v) is 12.2. The SMILES string of the molecule is CC[C@@H]1COc2c(OC)c(OC)cc3c2N1[C@@H]1CC(=O)[C@@]2(CCO)CCCN4CC[C@@]31[C@H]42. The quantitative estimate of drug-likeness (QED) is 0.751. The molecule has 0 radical (unpaired) electrons. The van der Waals surface area contributed by atoms with Gasteiger partial charge in [0.1, 0.15) is 12.4 Å². The minimum atomic E-state index is -0.461. The van der Waals surface area contributed by atoms with Crippen LogP contribution in [0.25, 0.3) is 0 Å². The number of hydrogen-bond acceptors (Lipinski definition) is 7. The number of ether oxygens (including phenoxy) is 3. The zero-order valence-corrected chi connectivity index (χ0v) is 19.4. The molecule has 0 amide bonds. The molecule has 1 aromatic rings. The number of aliphatic hydroxyl groups is 1. The van der Waals surface area contributed by atoms with E-state index in [2.05, 4.69) is 22.8 Å². The second-order valence-corrected chi connectivity index (χ2v) is 10.2. The molecule has 0 unspecified atom stereocenters. The van der Waals surface area contributed by atoms with Gasteiger partial charge in [-0.3, -0.25) is 9.69 Å². The molecule has 1 aromatic carbocycles. The van der Waals surface area contributed by atoms with E-state index < -0.39 is 5.41 Å². The maximum Gasteiger partial charge on any atom is 0.205 e. The summed E-state index contributed by atoms with van der Waals surface area (Å²) in [5.41, 5.74) is 1.76. The van der Waals surface area contributed by atoms with Gasteiger partial charge < -0.3 is 24.2 Å². The third-order valence-electron chi connectivity index (χ3n) is 9.32. The largest absolute Gasteiger partial charge is 0.493 e. The predicted molar refractivity (Wildman–Crippen MR) is 120 cm³/mol. The molecular weight excluding hydrogens is 408 g/mol. The number of fused-ring (bicyclic) bond motifs is 1. The molecule has 3 fully saturated rings. The fourth-order valence-electron chi connectivity index (χ4n) is 8.21. The second-order valence-electron chi connectivity index (χ2n) is 10.2. The van der Waals surface area contributed by atoms with Crippen LogP contribution in [0.3, 0.4) is 0 Å². The number of Topliss-reactive ketones (excluding diaryl/α,β-unsaturated/α-hetero) is 1. The van der Waals surface area contributed by atoms with Gasteiger partial charge in [-0.1, -0.05) is 6.92 Å². The van der Waals surface area contributed by atoms with Crippen molar-refractivity contribution in [3.8, 4) is 17.2 Å². The Morgan fingerprint density at radius 1 is 1.25 bits per heavy atom. The van der Waals surface area contributed by atoms with Crippen molar-refractivity contribution in [2.45, 2.75) is 69.0 Å². The van der Waals surface area contributed by atoms with Crippen molar-refractivity contribution in [1.29, 1.82) is 0 Å². The lowest BCUT2D eigenvalue weighted by Crippen LogP contribution is -2.69. The maximum atomic E-state index is 13.9. The number of ketones is 1. The summed E-state index contributed by atoms with van der Waals surface area (Å²) >= 11 is 0. The Kier molecular flexibility index (Phi) is 4.51. The Labute approximate surface area is 189 Å². The molecule has 5 atom stereocenters. The first-order valence-electron chi connectivity index (χ1n) is 12.2. The molecule has 174 valence electrons. The van der Waals surface area contributed by atoms with E-state index in [0.717, 1.165) is 50.2 Å². The van der Waals surface area contributed by atoms with Crippen molar-refractivity contribution in [3.63, 3.8) is 0 Å². The van der Waals surface area contributed by atoms with Gasteiger partial charge in [-0.25, -0.2) is 0 Å². The molecule has 7 heteroatoms. The molecule has 1 aliphatic carbocycles. The van der Waals surface area contributed by atoms with Crippen LogP contribution in [-0.4, -0.2) is 74.4 Å². The number of hydrogen-bond donors (Lipinski definition) is 1. The van der Waals surface area contributed by atoms with Crippen molar-refractivity contribution in [2.24, 2.45) is 5.41 Å². The van der Waals surface area contributed by atoms with Gasteiger partial charge >= 0.3 is 0 Å². The molecule has 6 rings (SSSR count). The summed E-state index contributed by atoms with van der Waals surface area (Å²) in [5, 5.41) is 10.0. The summed E-state index contributed by atoms with van der Waals surface area (Å²) in [5.74, 6) is 2.46. The molecule has 4 heterocycles. The monoisotopic (exact) mass is 442 g/mol. The Morgan fingerprint density at radius 3 is 2.81 bits per heavy atom. The van der Waals surface area contributed by atoms with Crippen molar-refractivity contribution in [1.82, 2.24) is 4.90 Å². The maximum absolute atomic E-state index is 13.9. The fourth-order valence-corrected chi connectivity index (χ4v) is 8.21. The summed E-state index contributed by atoms with van der Waals surface area (Å²) in [6, 6.07) is 2.64. The molecule has 5 aliphatic rings. The molecular formula is C25H34N2O5. The lowest BCUT2D eigenvalue weighted by atomic mass is 9.51. The van der Waals surface area contributed by atoms with Crippen LogP contribution in [0.2, 0.25) is 0 Å². The lowest BCUT2D eigenvalue weighted by molar-refractivity contribution is -0.145. The van der Waals surface area contributed by atoms with Gasteiger partial charge in [-0.15, -0.1) is 0 Å². The normalized spacial score (nSPS) is 36.9. The Morgan fingerprint density at radius 2 is 2.09 bits per heavy atom. The fraction of sp³-hybridized carbons (Fsp3) is 0.720. The first kappa shape index (κ1) is 20.6. The summed E-state index contributed by atoms with van der Waals surface area (Å²) in [6.07, 6.45) is 4.99. The first-order chi connectivity index (χ1) is 15.6. The molecule has 1 N–H and O–H groups in total. The molecule has 1 saturated carbocycles. The third kappa shape index (κ3) is 2.22. The molecule has 0 aromatic heterocycles. The van der Waals surface area contributed by atoms with Gasteiger partial charge in [-0.2, -0.15) is 0 Å². The lowest BCUT2D eigenvalue weighted by Gasteiger charge is -2.58. The van der Waals surface area contributed by atoms with E-state index >= 15 is 0 Å². The summed E-state index contributed by atoms with van der Waals surface area (Å²) in [4.78, 5) is 19.0. The standard InChI is InChI=1S/C25H34N2O5/c1-4-15-14-32-22-20-16(12-17(30-2)21(22)31-3)25-7-10-26-9-5-6-24(8-11-28,23(25)26)19(29)13-18(25)27(15)20/h12,15,18,23,28H,4-11,13-14H2,1-3H3/t15-,18-,23-,24+,25-/m1/s1. The Bertz CT molecular complexity index is 962. The van der Waals surface area contributed by atoms with Crippen LogP contribution in [0.5, 0.6) is 17.2 Å². The number of benzene rings is 1. The minimum Gasteiger partial charge on any atom is -0.493 e. The van der Waals surface area contributed by atoms with Gasteiger partial charge in [0, 0.05) is 35.9 Å². The number of nitrogens with zero attached hydrogens (tertiary/aromatic N) is 2. The van der Waals surface area contributed by atoms with Crippen LogP contribution in [0.4, 0.5) is 5.69 Å². The summed E-state index contributed by atoms with van der Waals surface area (Å²) in [7, 11) is 3.34. The smallest absolute Gasteiger partial charge is 0.205 e. The molecule has 4 aliphatic heterocycles. The number of carbonyl (C=O) groups is 1. The van der Waals surface area contributed by atoms with Gasteiger partial charge in [0.05, 0.1) is 25.9 Å². The third-order valence-corrected chi connectivity index (χ3v) is 9.32. The topological polar surface area (TPSA) is 71.5 Å². The molecule has 0 bridgehead atoms. The van der Waals surface area contributed by atoms with E-state index in [0.29, 0.717) is 36.7 Å². The average Bonchev–Trinajstić information content (AvgIpc) is 3.34. The van der Waals surface area contributed by atoms with Gasteiger partial charge in [0.25, 0.3) is 0 Å². The van der Waals surface area contributed by atoms with Gasteiger partial charge in [0.2, 0.25) is 5.75 Å². The van der Waals surface area contributed by atoms with Crippen LogP contribution >= 0.6 is 0 Å². The molecule has 32 heavy (non-hydrogen) atoms. The van der Waals surface area contributed by atoms with Crippen molar-refractivity contribution >= 4 is 11.5 Å². The van der Waals surface area contributed by atoms with Crippen LogP contribution in [-0.2, 0) is 10.2 Å². The van der Waals surface area contributed by atoms with E-state index in [1.165, 1.54) is 5.56 Å². The number of rotatable bonds is 5. The Hall–Kier alpha value is -1.99. The number of anilines is 1. The summed E-state index contributed by atoms with van der Waals surface area (Å²) < 4.78 is 17.9. The van der Waals surface area contributed by atoms with Crippen LogP contribution in [0, 0.1) is 5.41 Å². The molecule has 2 saturated heterocycles. The van der Waals surface area contributed by atoms with Crippen molar-refractivity contribution < 1.29 is 24.1 Å². The molecule has 1 spiro atoms. The second kappa shape index (κ2) is 7.00. The zero-order chi connectivity index (χ0) is 22.3. The van der Waals surface area contributed by atoms with Crippen molar-refractivity contribution in [2.75, 3.05) is 45.4 Å². The Balaban J connectivity index is 1.64. The number of aliphatic hydroxyl groups excluding tert-OH is 1. The highest BCUT2D eigenvalue weighted by Gasteiger charge is 2.72. The zero-order valence-electron chi connectivity index (χ0n) is 19.4. The van der Waals surface area contributed by atoms with E-state index in [9.17, 15) is 9.90 Å². The highest BCUT2D eigenvalue weighted by Crippen LogP contribution is 2.68. The minimum absolute atomic E-state index is 0.0608. The predicted octanol–water partition coefficient (Wildman–Crippen LogP) is 2.51. The summed E-state index contributed by atoms with van der Waals surface area (Å²) in [6.45, 7) is 4.88. The van der Waals surface area contributed by atoms with E-state index in [4.69, 9.17) is 14.2 Å². The van der Waals surface area contributed by atoms with Crippen LogP contribution in [0.1, 0.15) is 51.0 Å². The van der Waals surface area contributed by atoms with E-state index in [1.54, 1.807) is 14.2 Å². The van der Waals surface area contributed by atoms with E-state index in [-0.39, 0.29) is 30.1 Å². The van der Waals surface area contributed by atoms with Gasteiger partial charge in [0.15, 0.2) is 11.5 Å². The number of carbonyl (C=O) groups excluding carboxylic acids is 1. The van der Waals surface area contributed by atoms with Crippen LogP contribution < -0.4 is 19.1 Å². The number of methoxy groups -OCH3 is 2. The highest BCUT2D eigenvalue weighted by molar-refractivity contribution is 5.92. The highest BCUT2D eigenvalue weighted by atomic mass is 16.5. The average molecular weight is 443 g/mol. The number of piperidine rings is 1. The van der Waals surface area contributed by atoms with Crippen molar-refractivity contribution in [3.05, 3.63) is 11.6 Å².